The van der Waals surface area contributed by atoms with E-state index in [9.17, 15) is 26.1 Å². The molecule has 3 aromatic rings. The Morgan fingerprint density at radius 1 is 1.13 bits per heavy atom. The van der Waals surface area contributed by atoms with Gasteiger partial charge in [0.25, 0.3) is 0 Å². The lowest BCUT2D eigenvalue weighted by atomic mass is 10.1. The third-order valence-electron chi connectivity index (χ3n) is 4.75. The third-order valence-corrected chi connectivity index (χ3v) is 5.46. The van der Waals surface area contributed by atoms with Crippen LogP contribution in [0, 0.1) is 0 Å². The number of aromatic nitrogens is 2. The molecule has 0 unspecified atom stereocenters. The Bertz CT molecular complexity index is 1170. The second-order valence-corrected chi connectivity index (χ2v) is 8.19. The summed E-state index contributed by atoms with van der Waals surface area (Å²) in [5.74, 6) is 0.711. The van der Waals surface area contributed by atoms with Gasteiger partial charge in [0.2, 0.25) is 5.09 Å². The van der Waals surface area contributed by atoms with Crippen LogP contribution < -0.4 is 0 Å². The van der Waals surface area contributed by atoms with E-state index >= 15 is 0 Å². The molecule has 0 fully saturated rings. The van der Waals surface area contributed by atoms with Crippen LogP contribution in [0.3, 0.4) is 0 Å². The molecule has 0 N–H and O–H groups in total. The van der Waals surface area contributed by atoms with Crippen LogP contribution in [0.1, 0.15) is 22.6 Å². The van der Waals surface area contributed by atoms with Gasteiger partial charge in [-0.2, -0.15) is 13.2 Å². The molecule has 3 heterocycles. The predicted molar refractivity (Wildman–Crippen MR) is 97.0 cm³/mol. The summed E-state index contributed by atoms with van der Waals surface area (Å²) < 4.78 is 76.2. The molecule has 0 spiro atoms. The molecule has 0 saturated heterocycles. The van der Waals surface area contributed by atoms with E-state index in [-0.39, 0.29) is 0 Å². The Hall–Kier alpha value is -2.76. The lowest BCUT2D eigenvalue weighted by molar-refractivity contribution is -0.137. The molecule has 1 aromatic carbocycles. The van der Waals surface area contributed by atoms with E-state index in [0.717, 1.165) is 29.5 Å². The monoisotopic (exact) mass is 438 g/mol. The molecule has 0 amide bonds. The molecule has 0 bridgehead atoms. The van der Waals surface area contributed by atoms with Gasteiger partial charge in [-0.1, -0.05) is 12.1 Å². The van der Waals surface area contributed by atoms with Crippen LogP contribution in [0.2, 0.25) is 0 Å². The van der Waals surface area contributed by atoms with Gasteiger partial charge >= 0.3 is 6.18 Å². The summed E-state index contributed by atoms with van der Waals surface area (Å²) in [5.41, 5.74) is 1.43. The molecule has 0 saturated carbocycles. The summed E-state index contributed by atoms with van der Waals surface area (Å²) in [5, 5.41) is -0.612. The van der Waals surface area contributed by atoms with Crippen LogP contribution in [-0.2, 0) is 35.8 Å². The molecule has 30 heavy (non-hydrogen) atoms. The predicted octanol–water partition coefficient (Wildman–Crippen LogP) is 3.22. The Kier molecular flexibility index (Phi) is 5.12. The van der Waals surface area contributed by atoms with Crippen molar-refractivity contribution in [2.75, 3.05) is 6.54 Å². The van der Waals surface area contributed by atoms with Gasteiger partial charge in [0.1, 0.15) is 5.76 Å². The van der Waals surface area contributed by atoms with Crippen LogP contribution >= 0.6 is 0 Å². The highest BCUT2D eigenvalue weighted by atomic mass is 32.2. The highest BCUT2D eigenvalue weighted by Crippen LogP contribution is 2.30. The Balaban J connectivity index is 1.47. The molecule has 2 aromatic heterocycles. The van der Waals surface area contributed by atoms with Gasteiger partial charge in [0.05, 0.1) is 17.8 Å². The maximum Gasteiger partial charge on any atom is 0.416 e. The molecule has 0 atom stereocenters. The minimum absolute atomic E-state index is 0.315. The van der Waals surface area contributed by atoms with Crippen molar-refractivity contribution in [3.8, 4) is 11.4 Å². The molecule has 0 aliphatic carbocycles. The second-order valence-electron chi connectivity index (χ2n) is 6.88. The summed E-state index contributed by atoms with van der Waals surface area (Å²) in [7, 11) is -4.63. The highest BCUT2D eigenvalue weighted by molar-refractivity contribution is 7.85. The van der Waals surface area contributed by atoms with Crippen molar-refractivity contribution < 1.29 is 30.6 Å². The summed E-state index contributed by atoms with van der Waals surface area (Å²) >= 11 is 0. The molecule has 1 aliphatic rings. The van der Waals surface area contributed by atoms with Gasteiger partial charge < -0.3 is 8.97 Å². The number of furan rings is 1. The summed E-state index contributed by atoms with van der Waals surface area (Å²) in [6.45, 7) is 1.41. The number of hydrogen-bond donors (Lipinski definition) is 0. The number of nitrogens with zero attached hydrogens (tertiary/aromatic N) is 3. The topological polar surface area (TPSA) is 99.4 Å². The van der Waals surface area contributed by atoms with Gasteiger partial charge in [0.15, 0.2) is 15.9 Å². The van der Waals surface area contributed by atoms with E-state index in [4.69, 9.17) is 4.42 Å². The van der Waals surface area contributed by atoms with E-state index in [2.05, 4.69) is 9.97 Å². The van der Waals surface area contributed by atoms with Crippen LogP contribution in [0.15, 0.2) is 52.1 Å². The van der Waals surface area contributed by atoms with E-state index < -0.39 is 27.0 Å². The highest BCUT2D eigenvalue weighted by Gasteiger charge is 2.30. The normalized spacial score (nSPS) is 15.2. The fourth-order valence-corrected chi connectivity index (χ4v) is 3.70. The van der Waals surface area contributed by atoms with Crippen LogP contribution in [0.25, 0.3) is 11.4 Å². The fraction of sp³-hybridized carbons (Fsp3) is 0.263. The molecule has 0 radical (unpaired) electrons. The van der Waals surface area contributed by atoms with Crippen molar-refractivity contribution >= 4 is 10.1 Å². The Morgan fingerprint density at radius 2 is 1.87 bits per heavy atom. The SMILES string of the molecule is O=S(=O)([O-])c1ccc(CN2CCc3nc(-c4ccc(C(F)(F)F)cc4)ncc3C2)o1. The number of rotatable bonds is 4. The van der Waals surface area contributed by atoms with Gasteiger partial charge in [-0.15, -0.1) is 0 Å². The minimum Gasteiger partial charge on any atom is -0.742 e. The molecule has 11 heteroatoms. The Morgan fingerprint density at radius 3 is 2.50 bits per heavy atom. The molecule has 1 aliphatic heterocycles. The molecule has 158 valence electrons. The number of fused-ring (bicyclic) bond motifs is 1. The first-order chi connectivity index (χ1) is 14.1. The number of hydrogen-bond acceptors (Lipinski definition) is 7. The van der Waals surface area contributed by atoms with E-state index in [0.29, 0.717) is 43.2 Å². The smallest absolute Gasteiger partial charge is 0.416 e. The second kappa shape index (κ2) is 7.49. The summed E-state index contributed by atoms with van der Waals surface area (Å²) in [6, 6.07) is 7.27. The van der Waals surface area contributed by atoms with Crippen molar-refractivity contribution in [2.45, 2.75) is 30.8 Å². The van der Waals surface area contributed by atoms with Crippen LogP contribution in [0.4, 0.5) is 13.2 Å². The standard InChI is InChI=1S/C19H16F3N3O4S/c20-19(21,22)14-3-1-12(2-4-14)18-23-9-13-10-25(8-7-16(13)24-18)11-15-5-6-17(29-15)30(26,27)28/h1-6,9H,7-8,10-11H2,(H,26,27,28)/p-1. The first-order valence-electron chi connectivity index (χ1n) is 8.89. The quantitative estimate of drug-likeness (QED) is 0.577. The van der Waals surface area contributed by atoms with E-state index in [1.165, 1.54) is 18.2 Å². The summed E-state index contributed by atoms with van der Waals surface area (Å²) in [4.78, 5) is 10.7. The van der Waals surface area contributed by atoms with Crippen LogP contribution in [0.5, 0.6) is 0 Å². The molecule has 7 nitrogen and oxygen atoms in total. The minimum atomic E-state index is -4.63. The molecular weight excluding hydrogens is 423 g/mol. The fourth-order valence-electron chi connectivity index (χ4n) is 3.25. The van der Waals surface area contributed by atoms with Crippen molar-refractivity contribution in [3.63, 3.8) is 0 Å². The van der Waals surface area contributed by atoms with Crippen molar-refractivity contribution in [2.24, 2.45) is 0 Å². The Labute approximate surface area is 169 Å². The maximum atomic E-state index is 12.7. The van der Waals surface area contributed by atoms with Gasteiger partial charge in [-0.25, -0.2) is 18.4 Å². The van der Waals surface area contributed by atoms with Crippen LogP contribution in [-0.4, -0.2) is 34.4 Å². The molecular formula is C19H15F3N3O4S-. The van der Waals surface area contributed by atoms with Crippen molar-refractivity contribution in [1.29, 1.82) is 0 Å². The largest absolute Gasteiger partial charge is 0.742 e. The zero-order valence-corrected chi connectivity index (χ0v) is 16.2. The first-order valence-corrected chi connectivity index (χ1v) is 10.3. The zero-order chi connectivity index (χ0) is 21.5. The van der Waals surface area contributed by atoms with Gasteiger partial charge in [-0.3, -0.25) is 4.90 Å². The molecule has 4 rings (SSSR count). The maximum absolute atomic E-state index is 12.7. The number of halogens is 3. The lowest BCUT2D eigenvalue weighted by Crippen LogP contribution is -2.30. The lowest BCUT2D eigenvalue weighted by Gasteiger charge is -2.27. The van der Waals surface area contributed by atoms with Crippen molar-refractivity contribution in [1.82, 2.24) is 14.9 Å². The van der Waals surface area contributed by atoms with E-state index in [1.54, 1.807) is 6.20 Å². The average Bonchev–Trinajstić information content (AvgIpc) is 3.16. The zero-order valence-electron chi connectivity index (χ0n) is 15.4. The number of benzene rings is 1. The third kappa shape index (κ3) is 4.37. The summed E-state index contributed by atoms with van der Waals surface area (Å²) in [6.07, 6.45) is -2.18. The van der Waals surface area contributed by atoms with Gasteiger partial charge in [-0.05, 0) is 24.3 Å². The average molecular weight is 438 g/mol. The number of alkyl halides is 3. The van der Waals surface area contributed by atoms with Crippen molar-refractivity contribution in [3.05, 3.63) is 65.2 Å². The first kappa shape index (κ1) is 20.5. The van der Waals surface area contributed by atoms with Gasteiger partial charge in [0, 0.05) is 36.8 Å². The van der Waals surface area contributed by atoms with E-state index in [1.807, 2.05) is 4.90 Å².